The smallest absolute Gasteiger partial charge is 0.379 e. The summed E-state index contributed by atoms with van der Waals surface area (Å²) in [6.45, 7) is 0. The summed E-state index contributed by atoms with van der Waals surface area (Å²) in [5, 5.41) is 13.2. The molecule has 1 aliphatic carbocycles. The molecule has 114 valence electrons. The molecule has 1 atom stereocenters. The van der Waals surface area contributed by atoms with Crippen molar-refractivity contribution in [3.63, 3.8) is 0 Å². The largest absolute Gasteiger partial charge is 0.425 e. The predicted molar refractivity (Wildman–Crippen MR) is 81.7 cm³/mol. The van der Waals surface area contributed by atoms with Crippen LogP contribution in [0.3, 0.4) is 0 Å². The van der Waals surface area contributed by atoms with Gasteiger partial charge in [0.25, 0.3) is 0 Å². The van der Waals surface area contributed by atoms with Crippen LogP contribution in [0.15, 0.2) is 42.5 Å². The average molecular weight is 323 g/mol. The molecule has 0 heterocycles. The van der Waals surface area contributed by atoms with Crippen molar-refractivity contribution in [1.82, 2.24) is 5.32 Å². The molecule has 2 N–H and O–H groups in total. The molecule has 0 fully saturated rings. The van der Waals surface area contributed by atoms with Gasteiger partial charge >= 0.3 is 6.18 Å². The van der Waals surface area contributed by atoms with Crippen molar-refractivity contribution in [3.05, 3.63) is 59.2 Å². The minimum Gasteiger partial charge on any atom is -0.379 e. The van der Waals surface area contributed by atoms with Crippen LogP contribution in [-0.4, -0.2) is 23.3 Å². The summed E-state index contributed by atoms with van der Waals surface area (Å²) in [6.07, 6.45) is -4.81. The quantitative estimate of drug-likeness (QED) is 0.789. The van der Waals surface area contributed by atoms with E-state index in [9.17, 15) is 18.3 Å². The van der Waals surface area contributed by atoms with Gasteiger partial charge in [-0.3, -0.25) is 0 Å². The Kier molecular flexibility index (Phi) is 3.27. The van der Waals surface area contributed by atoms with Gasteiger partial charge in [0.2, 0.25) is 5.60 Å². The van der Waals surface area contributed by atoms with Gasteiger partial charge in [0.1, 0.15) is 4.99 Å². The highest BCUT2D eigenvalue weighted by molar-refractivity contribution is 7.80. The molecule has 0 aromatic heterocycles. The Labute approximate surface area is 130 Å². The third-order valence-electron chi connectivity index (χ3n) is 3.92. The number of hydrogen-bond donors (Lipinski definition) is 2. The van der Waals surface area contributed by atoms with Crippen LogP contribution in [0.2, 0.25) is 0 Å². The Hall–Kier alpha value is -1.92. The van der Waals surface area contributed by atoms with Crippen molar-refractivity contribution >= 4 is 17.2 Å². The van der Waals surface area contributed by atoms with Gasteiger partial charge in [-0.25, -0.2) is 0 Å². The van der Waals surface area contributed by atoms with Crippen LogP contribution in [0.1, 0.15) is 16.7 Å². The lowest BCUT2D eigenvalue weighted by Crippen LogP contribution is -2.41. The van der Waals surface area contributed by atoms with Crippen molar-refractivity contribution in [2.24, 2.45) is 0 Å². The van der Waals surface area contributed by atoms with Gasteiger partial charge in [0.15, 0.2) is 0 Å². The Morgan fingerprint density at radius 3 is 2.36 bits per heavy atom. The number of hydrogen-bond acceptors (Lipinski definition) is 2. The molecule has 2 aromatic carbocycles. The van der Waals surface area contributed by atoms with E-state index in [0.717, 1.165) is 0 Å². The lowest BCUT2D eigenvalue weighted by Gasteiger charge is -2.28. The molecule has 2 nitrogen and oxygen atoms in total. The highest BCUT2D eigenvalue weighted by Gasteiger charge is 2.60. The molecular weight excluding hydrogens is 311 g/mol. The number of thiocarbonyl (C=S) groups is 1. The maximum atomic E-state index is 13.5. The highest BCUT2D eigenvalue weighted by Crippen LogP contribution is 2.54. The first kappa shape index (κ1) is 15.0. The minimum absolute atomic E-state index is 0.148. The third kappa shape index (κ3) is 1.87. The first-order chi connectivity index (χ1) is 10.3. The molecule has 0 saturated carbocycles. The molecule has 0 bridgehead atoms. The van der Waals surface area contributed by atoms with Gasteiger partial charge in [0, 0.05) is 23.7 Å². The second-order valence-corrected chi connectivity index (χ2v) is 5.50. The summed E-state index contributed by atoms with van der Waals surface area (Å²) in [5.74, 6) is 0. The summed E-state index contributed by atoms with van der Waals surface area (Å²) in [4.78, 5) is 0.433. The monoisotopic (exact) mass is 323 g/mol. The third-order valence-corrected chi connectivity index (χ3v) is 4.36. The first-order valence-electron chi connectivity index (χ1n) is 6.56. The van der Waals surface area contributed by atoms with Gasteiger partial charge in [-0.15, -0.1) is 0 Å². The van der Waals surface area contributed by atoms with Crippen molar-refractivity contribution in [3.8, 4) is 11.1 Å². The molecule has 6 heteroatoms. The zero-order valence-electron chi connectivity index (χ0n) is 11.5. The fourth-order valence-electron chi connectivity index (χ4n) is 2.85. The molecule has 3 rings (SSSR count). The molecule has 0 radical (unpaired) electrons. The minimum atomic E-state index is -4.81. The molecule has 0 aliphatic heterocycles. The van der Waals surface area contributed by atoms with E-state index in [1.54, 1.807) is 25.2 Å². The Morgan fingerprint density at radius 2 is 1.73 bits per heavy atom. The Bertz CT molecular complexity index is 772. The maximum Gasteiger partial charge on any atom is 0.425 e. The molecule has 1 aliphatic rings. The molecule has 1 unspecified atom stereocenters. The van der Waals surface area contributed by atoms with Gasteiger partial charge in [-0.05, 0) is 17.2 Å². The summed E-state index contributed by atoms with van der Waals surface area (Å²) < 4.78 is 40.6. The second kappa shape index (κ2) is 4.79. The molecule has 0 amide bonds. The van der Waals surface area contributed by atoms with E-state index in [1.807, 2.05) is 0 Å². The maximum absolute atomic E-state index is 13.5. The molecular formula is C16H12F3NOS. The standard InChI is InChI=1S/C16H12F3NOS/c1-20-14(22)9-6-7-13-11(8-9)10-4-2-3-5-12(10)15(13,21)16(17,18)19/h2-8,21H,1H3,(H,20,22). The SMILES string of the molecule is CNC(=S)c1ccc2c(c1)-c1ccccc1C2(O)C(F)(F)F. The molecule has 22 heavy (non-hydrogen) atoms. The Balaban J connectivity index is 2.32. The van der Waals surface area contributed by atoms with E-state index in [2.05, 4.69) is 5.32 Å². The normalized spacial score (nSPS) is 19.5. The number of benzene rings is 2. The van der Waals surface area contributed by atoms with Crippen LogP contribution in [0, 0.1) is 0 Å². The van der Waals surface area contributed by atoms with Crippen molar-refractivity contribution in [2.75, 3.05) is 7.05 Å². The first-order valence-corrected chi connectivity index (χ1v) is 6.97. The van der Waals surface area contributed by atoms with E-state index in [4.69, 9.17) is 12.2 Å². The van der Waals surface area contributed by atoms with Crippen LogP contribution in [-0.2, 0) is 5.60 Å². The second-order valence-electron chi connectivity index (χ2n) is 5.09. The van der Waals surface area contributed by atoms with Gasteiger partial charge in [0.05, 0.1) is 0 Å². The lowest BCUT2D eigenvalue weighted by molar-refractivity contribution is -0.246. The zero-order valence-corrected chi connectivity index (χ0v) is 12.3. The van der Waals surface area contributed by atoms with Crippen LogP contribution in [0.25, 0.3) is 11.1 Å². The number of alkyl halides is 3. The topological polar surface area (TPSA) is 32.3 Å². The zero-order chi connectivity index (χ0) is 16.1. The van der Waals surface area contributed by atoms with Crippen molar-refractivity contribution < 1.29 is 18.3 Å². The van der Waals surface area contributed by atoms with Gasteiger partial charge < -0.3 is 10.4 Å². The van der Waals surface area contributed by atoms with Crippen LogP contribution >= 0.6 is 12.2 Å². The number of nitrogens with one attached hydrogen (secondary N) is 1. The van der Waals surface area contributed by atoms with E-state index in [1.165, 1.54) is 24.3 Å². The molecule has 0 spiro atoms. The van der Waals surface area contributed by atoms with E-state index >= 15 is 0 Å². The van der Waals surface area contributed by atoms with Crippen molar-refractivity contribution in [1.29, 1.82) is 0 Å². The highest BCUT2D eigenvalue weighted by atomic mass is 32.1. The fourth-order valence-corrected chi connectivity index (χ4v) is 2.98. The number of halogens is 3. The Morgan fingerprint density at radius 1 is 1.09 bits per heavy atom. The number of fused-ring (bicyclic) bond motifs is 3. The van der Waals surface area contributed by atoms with Crippen molar-refractivity contribution in [2.45, 2.75) is 11.8 Å². The number of aliphatic hydroxyl groups is 1. The summed E-state index contributed by atoms with van der Waals surface area (Å²) >= 11 is 5.13. The van der Waals surface area contributed by atoms with Crippen LogP contribution < -0.4 is 5.32 Å². The summed E-state index contributed by atoms with van der Waals surface area (Å²) in [5.41, 5.74) is -1.96. The van der Waals surface area contributed by atoms with E-state index in [0.29, 0.717) is 21.7 Å². The van der Waals surface area contributed by atoms with Gasteiger partial charge in [-0.2, -0.15) is 13.2 Å². The fraction of sp³-hybridized carbons (Fsp3) is 0.188. The average Bonchev–Trinajstić information content (AvgIpc) is 2.77. The van der Waals surface area contributed by atoms with Crippen LogP contribution in [0.4, 0.5) is 13.2 Å². The molecule has 0 saturated heterocycles. The van der Waals surface area contributed by atoms with E-state index in [-0.39, 0.29) is 11.1 Å². The summed E-state index contributed by atoms with van der Waals surface area (Å²) in [7, 11) is 1.65. The van der Waals surface area contributed by atoms with E-state index < -0.39 is 11.8 Å². The summed E-state index contributed by atoms with van der Waals surface area (Å²) in [6, 6.07) is 10.4. The lowest BCUT2D eigenvalue weighted by atomic mass is 9.90. The van der Waals surface area contributed by atoms with Crippen LogP contribution in [0.5, 0.6) is 0 Å². The predicted octanol–water partition coefficient (Wildman–Crippen LogP) is 3.36. The number of rotatable bonds is 1. The van der Waals surface area contributed by atoms with Gasteiger partial charge in [-0.1, -0.05) is 48.6 Å². The molecule has 2 aromatic rings.